The van der Waals surface area contributed by atoms with Crippen LogP contribution < -0.4 is 10.6 Å². The van der Waals surface area contributed by atoms with Gasteiger partial charge in [-0.25, -0.2) is 4.98 Å². The van der Waals surface area contributed by atoms with Crippen molar-refractivity contribution in [3.05, 3.63) is 30.2 Å². The summed E-state index contributed by atoms with van der Waals surface area (Å²) in [5.74, 6) is 0. The van der Waals surface area contributed by atoms with Crippen molar-refractivity contribution in [2.75, 3.05) is 6.54 Å². The number of hydrogen-bond acceptors (Lipinski definition) is 4. The molecule has 0 spiro atoms. The molecule has 2 N–H and O–H groups in total. The summed E-state index contributed by atoms with van der Waals surface area (Å²) in [4.78, 5) is 4.12. The van der Waals surface area contributed by atoms with Crippen molar-refractivity contribution < 1.29 is 4.42 Å². The SMILES string of the molecule is CC1(C)CC(NCc2ccc3ncoc3c2)CN1. The van der Waals surface area contributed by atoms with E-state index in [4.69, 9.17) is 4.42 Å². The first-order valence-corrected chi connectivity index (χ1v) is 6.43. The van der Waals surface area contributed by atoms with Gasteiger partial charge in [-0.1, -0.05) is 6.07 Å². The molecule has 4 nitrogen and oxygen atoms in total. The molecule has 0 radical (unpaired) electrons. The molecule has 2 heterocycles. The van der Waals surface area contributed by atoms with Gasteiger partial charge in [-0.2, -0.15) is 0 Å². The van der Waals surface area contributed by atoms with Crippen LogP contribution in [0.3, 0.4) is 0 Å². The zero-order chi connectivity index (χ0) is 12.6. The first-order chi connectivity index (χ1) is 8.62. The lowest BCUT2D eigenvalue weighted by Gasteiger charge is -2.17. The van der Waals surface area contributed by atoms with Crippen LogP contribution in [-0.2, 0) is 6.54 Å². The van der Waals surface area contributed by atoms with Crippen LogP contribution in [-0.4, -0.2) is 23.1 Å². The minimum absolute atomic E-state index is 0.257. The summed E-state index contributed by atoms with van der Waals surface area (Å²) in [6, 6.07) is 6.71. The zero-order valence-electron chi connectivity index (χ0n) is 10.9. The molecule has 1 aromatic heterocycles. The number of aromatic nitrogens is 1. The quantitative estimate of drug-likeness (QED) is 0.869. The monoisotopic (exact) mass is 245 g/mol. The Bertz CT molecular complexity index is 547. The lowest BCUT2D eigenvalue weighted by Crippen LogP contribution is -2.31. The van der Waals surface area contributed by atoms with E-state index in [9.17, 15) is 0 Å². The van der Waals surface area contributed by atoms with Crippen molar-refractivity contribution in [3.8, 4) is 0 Å². The van der Waals surface area contributed by atoms with E-state index in [-0.39, 0.29) is 5.54 Å². The second-order valence-corrected chi connectivity index (χ2v) is 5.70. The average molecular weight is 245 g/mol. The summed E-state index contributed by atoms with van der Waals surface area (Å²) in [6.07, 6.45) is 2.66. The first-order valence-electron chi connectivity index (χ1n) is 6.43. The first kappa shape index (κ1) is 11.7. The van der Waals surface area contributed by atoms with Crippen LogP contribution >= 0.6 is 0 Å². The lowest BCUT2D eigenvalue weighted by atomic mass is 10.0. The number of oxazole rings is 1. The Kier molecular flexibility index (Phi) is 2.84. The third-order valence-corrected chi connectivity index (χ3v) is 3.57. The molecule has 18 heavy (non-hydrogen) atoms. The summed E-state index contributed by atoms with van der Waals surface area (Å²) < 4.78 is 5.31. The number of fused-ring (bicyclic) bond motifs is 1. The molecule has 1 aliphatic rings. The van der Waals surface area contributed by atoms with Gasteiger partial charge in [0.05, 0.1) is 0 Å². The number of hydrogen-bond donors (Lipinski definition) is 2. The van der Waals surface area contributed by atoms with Gasteiger partial charge in [-0.05, 0) is 38.0 Å². The molecule has 96 valence electrons. The summed E-state index contributed by atoms with van der Waals surface area (Å²) in [7, 11) is 0. The van der Waals surface area contributed by atoms with Crippen LogP contribution in [0.4, 0.5) is 0 Å². The van der Waals surface area contributed by atoms with Crippen molar-refractivity contribution in [2.24, 2.45) is 0 Å². The topological polar surface area (TPSA) is 50.1 Å². The van der Waals surface area contributed by atoms with Gasteiger partial charge in [0.2, 0.25) is 0 Å². The maximum atomic E-state index is 5.31. The van der Waals surface area contributed by atoms with E-state index in [1.165, 1.54) is 12.0 Å². The molecule has 1 aliphatic heterocycles. The largest absolute Gasteiger partial charge is 0.443 e. The summed E-state index contributed by atoms with van der Waals surface area (Å²) in [6.45, 7) is 6.40. The molecule has 3 rings (SSSR count). The van der Waals surface area contributed by atoms with Gasteiger partial charge in [-0.3, -0.25) is 0 Å². The predicted molar refractivity (Wildman–Crippen MR) is 71.3 cm³/mol. The van der Waals surface area contributed by atoms with Gasteiger partial charge in [-0.15, -0.1) is 0 Å². The number of nitrogens with one attached hydrogen (secondary N) is 2. The number of nitrogens with zero attached hydrogens (tertiary/aromatic N) is 1. The van der Waals surface area contributed by atoms with E-state index in [2.05, 4.69) is 41.6 Å². The summed E-state index contributed by atoms with van der Waals surface area (Å²) in [5, 5.41) is 7.10. The smallest absolute Gasteiger partial charge is 0.181 e. The minimum atomic E-state index is 0.257. The van der Waals surface area contributed by atoms with Crippen LogP contribution in [0.15, 0.2) is 29.0 Å². The molecule has 4 heteroatoms. The molecule has 0 saturated carbocycles. The predicted octanol–water partition coefficient (Wildman–Crippen LogP) is 2.06. The third kappa shape index (κ3) is 2.40. The highest BCUT2D eigenvalue weighted by atomic mass is 16.3. The van der Waals surface area contributed by atoms with E-state index < -0.39 is 0 Å². The van der Waals surface area contributed by atoms with Crippen molar-refractivity contribution in [1.82, 2.24) is 15.6 Å². The normalized spacial score (nSPS) is 22.7. The van der Waals surface area contributed by atoms with E-state index in [0.717, 1.165) is 30.6 Å². The second kappa shape index (κ2) is 4.37. The second-order valence-electron chi connectivity index (χ2n) is 5.70. The molecule has 0 aliphatic carbocycles. The van der Waals surface area contributed by atoms with Gasteiger partial charge in [0, 0.05) is 24.7 Å². The average Bonchev–Trinajstić information content (AvgIpc) is 2.92. The third-order valence-electron chi connectivity index (χ3n) is 3.57. The lowest BCUT2D eigenvalue weighted by molar-refractivity contribution is 0.442. The Morgan fingerprint density at radius 2 is 2.39 bits per heavy atom. The molecule has 1 unspecified atom stereocenters. The van der Waals surface area contributed by atoms with Crippen LogP contribution in [0, 0.1) is 0 Å². The fourth-order valence-electron chi connectivity index (χ4n) is 2.58. The van der Waals surface area contributed by atoms with Gasteiger partial charge < -0.3 is 15.1 Å². The van der Waals surface area contributed by atoms with Crippen molar-refractivity contribution in [2.45, 2.75) is 38.4 Å². The maximum Gasteiger partial charge on any atom is 0.181 e. The Morgan fingerprint density at radius 1 is 1.50 bits per heavy atom. The van der Waals surface area contributed by atoms with Crippen LogP contribution in [0.25, 0.3) is 11.1 Å². The standard InChI is InChI=1S/C14H19N3O/c1-14(2)6-11(8-17-14)15-7-10-3-4-12-13(5-10)18-9-16-12/h3-5,9,11,15,17H,6-8H2,1-2H3. The highest BCUT2D eigenvalue weighted by Gasteiger charge is 2.29. The molecule has 1 saturated heterocycles. The zero-order valence-corrected chi connectivity index (χ0v) is 10.9. The highest BCUT2D eigenvalue weighted by Crippen LogP contribution is 2.19. The summed E-state index contributed by atoms with van der Waals surface area (Å²) in [5.41, 5.74) is 3.28. The fraction of sp³-hybridized carbons (Fsp3) is 0.500. The molecule has 0 bridgehead atoms. The molecule has 1 aromatic carbocycles. The minimum Gasteiger partial charge on any atom is -0.443 e. The van der Waals surface area contributed by atoms with E-state index in [0.29, 0.717) is 6.04 Å². The van der Waals surface area contributed by atoms with Crippen molar-refractivity contribution in [3.63, 3.8) is 0 Å². The Morgan fingerprint density at radius 3 is 3.17 bits per heavy atom. The molecule has 1 fully saturated rings. The highest BCUT2D eigenvalue weighted by molar-refractivity contribution is 5.72. The fourth-order valence-corrected chi connectivity index (χ4v) is 2.58. The van der Waals surface area contributed by atoms with Gasteiger partial charge in [0.15, 0.2) is 12.0 Å². The van der Waals surface area contributed by atoms with E-state index in [1.807, 2.05) is 6.07 Å². The number of rotatable bonds is 3. The Labute approximate surface area is 107 Å². The molecular formula is C14H19N3O. The van der Waals surface area contributed by atoms with E-state index in [1.54, 1.807) is 0 Å². The van der Waals surface area contributed by atoms with Crippen molar-refractivity contribution >= 4 is 11.1 Å². The van der Waals surface area contributed by atoms with Gasteiger partial charge >= 0.3 is 0 Å². The summed E-state index contributed by atoms with van der Waals surface area (Å²) >= 11 is 0. The molecule has 0 amide bonds. The van der Waals surface area contributed by atoms with Gasteiger partial charge in [0.1, 0.15) is 5.52 Å². The van der Waals surface area contributed by atoms with Crippen LogP contribution in [0.2, 0.25) is 0 Å². The van der Waals surface area contributed by atoms with E-state index >= 15 is 0 Å². The molecule has 2 aromatic rings. The molecule has 1 atom stereocenters. The van der Waals surface area contributed by atoms with Crippen LogP contribution in [0.1, 0.15) is 25.8 Å². The Hall–Kier alpha value is -1.39. The van der Waals surface area contributed by atoms with Gasteiger partial charge in [0.25, 0.3) is 0 Å². The van der Waals surface area contributed by atoms with Crippen molar-refractivity contribution in [1.29, 1.82) is 0 Å². The van der Waals surface area contributed by atoms with Crippen LogP contribution in [0.5, 0.6) is 0 Å². The molecular weight excluding hydrogens is 226 g/mol. The maximum absolute atomic E-state index is 5.31. The number of benzene rings is 1. The Balaban J connectivity index is 1.63.